The number of aromatic amines is 1. The molecule has 0 spiro atoms. The summed E-state index contributed by atoms with van der Waals surface area (Å²) in [5.41, 5.74) is -0.144. The van der Waals surface area contributed by atoms with Crippen LogP contribution in [-0.2, 0) is 0 Å². The number of nitrogens with one attached hydrogen (secondary N) is 2. The van der Waals surface area contributed by atoms with Gasteiger partial charge in [0.05, 0.1) is 5.56 Å². The first kappa shape index (κ1) is 14.7. The zero-order valence-corrected chi connectivity index (χ0v) is 11.3. The zero-order chi connectivity index (χ0) is 15.7. The van der Waals surface area contributed by atoms with E-state index in [2.05, 4.69) is 10.3 Å². The number of hydrogen-bond acceptors (Lipinski definition) is 2. The summed E-state index contributed by atoms with van der Waals surface area (Å²) in [4.78, 5) is 25.7. The molecule has 1 amide bonds. The van der Waals surface area contributed by atoms with Crippen LogP contribution in [0.4, 0.5) is 14.5 Å². The number of rotatable bonds is 3. The van der Waals surface area contributed by atoms with Gasteiger partial charge in [-0.2, -0.15) is 0 Å². The number of carbonyl (C=O) groups is 2. The van der Waals surface area contributed by atoms with Crippen molar-refractivity contribution in [2.75, 3.05) is 5.32 Å². The lowest BCUT2D eigenvalue weighted by Gasteiger charge is -2.08. The second-order valence-electron chi connectivity index (χ2n) is 4.48. The molecular formula is C14H12F2N2O3. The van der Waals surface area contributed by atoms with Gasteiger partial charge in [-0.05, 0) is 31.5 Å². The van der Waals surface area contributed by atoms with Crippen molar-refractivity contribution in [2.45, 2.75) is 13.8 Å². The van der Waals surface area contributed by atoms with Crippen LogP contribution in [0.25, 0.3) is 0 Å². The highest BCUT2D eigenvalue weighted by Gasteiger charge is 2.23. The van der Waals surface area contributed by atoms with Crippen LogP contribution >= 0.6 is 0 Å². The number of amides is 1. The van der Waals surface area contributed by atoms with Crippen molar-refractivity contribution in [3.05, 3.63) is 52.3 Å². The van der Waals surface area contributed by atoms with Crippen LogP contribution < -0.4 is 5.32 Å². The first-order valence-corrected chi connectivity index (χ1v) is 6.00. The molecular weight excluding hydrogens is 282 g/mol. The number of aryl methyl sites for hydroxylation is 1. The van der Waals surface area contributed by atoms with Crippen molar-refractivity contribution in [3.63, 3.8) is 0 Å². The summed E-state index contributed by atoms with van der Waals surface area (Å²) in [6, 6.07) is 3.20. The zero-order valence-electron chi connectivity index (χ0n) is 11.3. The Balaban J connectivity index is 2.40. The van der Waals surface area contributed by atoms with Crippen LogP contribution in [0.5, 0.6) is 0 Å². The predicted molar refractivity (Wildman–Crippen MR) is 71.5 cm³/mol. The summed E-state index contributed by atoms with van der Waals surface area (Å²) in [7, 11) is 0. The number of carboxylic acid groups (broad SMARTS) is 1. The lowest BCUT2D eigenvalue weighted by Crippen LogP contribution is -2.16. The minimum atomic E-state index is -1.22. The second kappa shape index (κ2) is 5.35. The fourth-order valence-corrected chi connectivity index (χ4v) is 2.10. The summed E-state index contributed by atoms with van der Waals surface area (Å²) in [6.45, 7) is 2.95. The third kappa shape index (κ3) is 2.62. The number of anilines is 1. The molecule has 21 heavy (non-hydrogen) atoms. The van der Waals surface area contributed by atoms with E-state index in [0.29, 0.717) is 5.69 Å². The fraction of sp³-hybridized carbons (Fsp3) is 0.143. The molecule has 1 heterocycles. The third-order valence-electron chi connectivity index (χ3n) is 3.08. The van der Waals surface area contributed by atoms with E-state index >= 15 is 0 Å². The number of benzene rings is 1. The Morgan fingerprint density at radius 3 is 2.24 bits per heavy atom. The molecule has 0 unspecified atom stereocenters. The van der Waals surface area contributed by atoms with Crippen molar-refractivity contribution in [1.29, 1.82) is 0 Å². The Hall–Kier alpha value is -2.70. The Kier molecular flexibility index (Phi) is 3.75. The van der Waals surface area contributed by atoms with Gasteiger partial charge in [-0.1, -0.05) is 6.07 Å². The number of carbonyl (C=O) groups excluding carboxylic acids is 1. The Morgan fingerprint density at radius 2 is 1.76 bits per heavy atom. The van der Waals surface area contributed by atoms with Crippen molar-refractivity contribution < 1.29 is 23.5 Å². The van der Waals surface area contributed by atoms with Crippen molar-refractivity contribution in [3.8, 4) is 0 Å². The molecule has 1 aromatic heterocycles. The minimum Gasteiger partial charge on any atom is -0.477 e. The summed E-state index contributed by atoms with van der Waals surface area (Å²) in [5, 5.41) is 11.1. The van der Waals surface area contributed by atoms with E-state index in [-0.39, 0.29) is 16.8 Å². The number of para-hydroxylation sites is 1. The molecule has 0 saturated heterocycles. The number of halogens is 2. The maximum Gasteiger partial charge on any atom is 0.352 e. The average molecular weight is 294 g/mol. The minimum absolute atomic E-state index is 0.0510. The lowest BCUT2D eigenvalue weighted by atomic mass is 10.1. The van der Waals surface area contributed by atoms with E-state index in [1.807, 2.05) is 0 Å². The summed E-state index contributed by atoms with van der Waals surface area (Å²) in [5.74, 6) is -3.82. The summed E-state index contributed by atoms with van der Waals surface area (Å²) in [6.07, 6.45) is 0. The lowest BCUT2D eigenvalue weighted by molar-refractivity contribution is 0.0690. The fourth-order valence-electron chi connectivity index (χ4n) is 2.10. The van der Waals surface area contributed by atoms with Crippen LogP contribution in [0.2, 0.25) is 0 Å². The van der Waals surface area contributed by atoms with Gasteiger partial charge in [-0.15, -0.1) is 0 Å². The first-order valence-electron chi connectivity index (χ1n) is 6.00. The molecule has 2 aromatic rings. The van der Waals surface area contributed by atoms with Crippen LogP contribution in [-0.4, -0.2) is 22.0 Å². The summed E-state index contributed by atoms with van der Waals surface area (Å²) < 4.78 is 27.0. The molecule has 0 fully saturated rings. The van der Waals surface area contributed by atoms with E-state index in [1.165, 1.54) is 19.9 Å². The van der Waals surface area contributed by atoms with Gasteiger partial charge in [0.25, 0.3) is 5.91 Å². The Morgan fingerprint density at radius 1 is 1.19 bits per heavy atom. The van der Waals surface area contributed by atoms with E-state index in [4.69, 9.17) is 5.11 Å². The van der Waals surface area contributed by atoms with Crippen LogP contribution in [0.3, 0.4) is 0 Å². The van der Waals surface area contributed by atoms with Crippen LogP contribution in [0.15, 0.2) is 18.2 Å². The number of H-pyrrole nitrogens is 1. The maximum absolute atomic E-state index is 13.5. The molecule has 5 nitrogen and oxygen atoms in total. The van der Waals surface area contributed by atoms with Crippen LogP contribution in [0, 0.1) is 25.5 Å². The van der Waals surface area contributed by atoms with Gasteiger partial charge in [0.2, 0.25) is 0 Å². The predicted octanol–water partition coefficient (Wildman–Crippen LogP) is 2.86. The van der Waals surface area contributed by atoms with E-state index in [0.717, 1.165) is 12.1 Å². The number of aromatic nitrogens is 1. The third-order valence-corrected chi connectivity index (χ3v) is 3.08. The van der Waals surface area contributed by atoms with Gasteiger partial charge in [0.1, 0.15) is 23.0 Å². The highest BCUT2D eigenvalue weighted by Crippen LogP contribution is 2.22. The van der Waals surface area contributed by atoms with Crippen molar-refractivity contribution >= 4 is 17.6 Å². The smallest absolute Gasteiger partial charge is 0.352 e. The van der Waals surface area contributed by atoms with Gasteiger partial charge in [-0.3, -0.25) is 4.79 Å². The molecule has 2 rings (SSSR count). The quantitative estimate of drug-likeness (QED) is 0.814. The van der Waals surface area contributed by atoms with Gasteiger partial charge in [-0.25, -0.2) is 13.6 Å². The molecule has 0 saturated carbocycles. The van der Waals surface area contributed by atoms with Gasteiger partial charge >= 0.3 is 5.97 Å². The molecule has 0 aliphatic carbocycles. The number of hydrogen-bond donors (Lipinski definition) is 3. The van der Waals surface area contributed by atoms with E-state index in [1.54, 1.807) is 0 Å². The SMILES string of the molecule is Cc1[nH]c(C(=O)O)c(C)c1C(=O)Nc1c(F)cccc1F. The monoisotopic (exact) mass is 294 g/mol. The van der Waals surface area contributed by atoms with Gasteiger partial charge in [0, 0.05) is 5.69 Å². The number of aromatic carboxylic acids is 1. The Bertz CT molecular complexity index is 718. The van der Waals surface area contributed by atoms with E-state index in [9.17, 15) is 18.4 Å². The highest BCUT2D eigenvalue weighted by atomic mass is 19.1. The molecule has 3 N–H and O–H groups in total. The highest BCUT2D eigenvalue weighted by molar-refractivity contribution is 6.08. The van der Waals surface area contributed by atoms with Gasteiger partial charge in [0.15, 0.2) is 0 Å². The second-order valence-corrected chi connectivity index (χ2v) is 4.48. The largest absolute Gasteiger partial charge is 0.477 e. The van der Waals surface area contributed by atoms with E-state index < -0.39 is 29.2 Å². The maximum atomic E-state index is 13.5. The molecule has 0 aliphatic heterocycles. The molecule has 1 aromatic carbocycles. The average Bonchev–Trinajstić information content (AvgIpc) is 2.69. The molecule has 0 aliphatic rings. The Labute approximate surface area is 118 Å². The molecule has 0 radical (unpaired) electrons. The first-order chi connectivity index (χ1) is 9.82. The standard InChI is InChI=1S/C14H12F2N2O3/c1-6-10(7(2)17-11(6)14(20)21)13(19)18-12-8(15)4-3-5-9(12)16/h3-5,17H,1-2H3,(H,18,19)(H,20,21). The molecule has 0 atom stereocenters. The topological polar surface area (TPSA) is 82.2 Å². The van der Waals surface area contributed by atoms with Gasteiger partial charge < -0.3 is 15.4 Å². The van der Waals surface area contributed by atoms with Crippen molar-refractivity contribution in [2.24, 2.45) is 0 Å². The molecule has 110 valence electrons. The molecule has 0 bridgehead atoms. The molecule has 7 heteroatoms. The van der Waals surface area contributed by atoms with Crippen LogP contribution in [0.1, 0.15) is 32.1 Å². The normalized spacial score (nSPS) is 10.5. The van der Waals surface area contributed by atoms with Crippen molar-refractivity contribution in [1.82, 2.24) is 4.98 Å². The number of carboxylic acids is 1. The summed E-state index contributed by atoms with van der Waals surface area (Å²) >= 11 is 0.